The van der Waals surface area contributed by atoms with Gasteiger partial charge in [0.25, 0.3) is 0 Å². The van der Waals surface area contributed by atoms with Gasteiger partial charge in [0, 0.05) is 31.7 Å². The van der Waals surface area contributed by atoms with Crippen LogP contribution < -0.4 is 0 Å². The van der Waals surface area contributed by atoms with Crippen molar-refractivity contribution in [2.24, 2.45) is 0 Å². The molecule has 0 N–H and O–H groups in total. The van der Waals surface area contributed by atoms with Crippen molar-refractivity contribution in [1.82, 2.24) is 4.98 Å². The van der Waals surface area contributed by atoms with Crippen molar-refractivity contribution in [3.05, 3.63) is 78.5 Å². The Labute approximate surface area is 143 Å². The summed E-state index contributed by atoms with van der Waals surface area (Å²) in [5, 5.41) is 4.99. The van der Waals surface area contributed by atoms with E-state index < -0.39 is 0 Å². The maximum atomic E-state index is 4.70. The van der Waals surface area contributed by atoms with Crippen molar-refractivity contribution in [1.29, 1.82) is 0 Å². The van der Waals surface area contributed by atoms with E-state index in [1.54, 1.807) is 0 Å². The summed E-state index contributed by atoms with van der Waals surface area (Å²) in [6, 6.07) is 24.1. The zero-order chi connectivity index (χ0) is 14.2. The molecule has 0 spiro atoms. The standard InChI is InChI=1S/C20H14N.Ir/c1-14-17-12-11-15-7-5-6-10-18(15)19(17)13-21-20(14)16-8-3-2-4-9-16;/h2-8,10-13H,1H3;/q-1;. The van der Waals surface area contributed by atoms with Crippen LogP contribution in [0.25, 0.3) is 32.8 Å². The number of hydrogen-bond donors (Lipinski definition) is 0. The summed E-state index contributed by atoms with van der Waals surface area (Å²) in [7, 11) is 0. The van der Waals surface area contributed by atoms with Crippen molar-refractivity contribution < 1.29 is 20.1 Å². The molecule has 2 heteroatoms. The van der Waals surface area contributed by atoms with Gasteiger partial charge in [0.15, 0.2) is 0 Å². The third-order valence-electron chi connectivity index (χ3n) is 4.02. The van der Waals surface area contributed by atoms with Gasteiger partial charge in [-0.15, -0.1) is 35.9 Å². The normalized spacial score (nSPS) is 10.6. The minimum atomic E-state index is 0. The number of fused-ring (bicyclic) bond motifs is 3. The van der Waals surface area contributed by atoms with Crippen LogP contribution in [-0.2, 0) is 20.1 Å². The molecule has 4 aromatic rings. The van der Waals surface area contributed by atoms with Crippen molar-refractivity contribution in [3.63, 3.8) is 0 Å². The number of pyridine rings is 1. The Hall–Kier alpha value is -2.02. The first-order valence-corrected chi connectivity index (χ1v) is 7.09. The maximum absolute atomic E-state index is 4.70. The van der Waals surface area contributed by atoms with Gasteiger partial charge in [0.05, 0.1) is 0 Å². The summed E-state index contributed by atoms with van der Waals surface area (Å²) in [6.07, 6.45) is 1.99. The molecule has 0 aliphatic carbocycles. The Morgan fingerprint density at radius 3 is 2.45 bits per heavy atom. The molecule has 1 radical (unpaired) electrons. The predicted molar refractivity (Wildman–Crippen MR) is 88.3 cm³/mol. The van der Waals surface area contributed by atoms with Crippen LogP contribution in [-0.4, -0.2) is 4.98 Å². The predicted octanol–water partition coefficient (Wildman–Crippen LogP) is 5.16. The van der Waals surface area contributed by atoms with E-state index in [9.17, 15) is 0 Å². The van der Waals surface area contributed by atoms with Crippen LogP contribution in [0, 0.1) is 13.0 Å². The molecule has 1 heterocycles. The van der Waals surface area contributed by atoms with Crippen molar-refractivity contribution >= 4 is 21.5 Å². The van der Waals surface area contributed by atoms with Crippen LogP contribution in [0.4, 0.5) is 0 Å². The van der Waals surface area contributed by atoms with Gasteiger partial charge < -0.3 is 4.98 Å². The largest absolute Gasteiger partial charge is 0.304 e. The van der Waals surface area contributed by atoms with E-state index in [1.165, 1.54) is 27.1 Å². The average molecular weight is 461 g/mol. The van der Waals surface area contributed by atoms with E-state index >= 15 is 0 Å². The van der Waals surface area contributed by atoms with Gasteiger partial charge in [0.2, 0.25) is 0 Å². The Bertz CT molecular complexity index is 946. The van der Waals surface area contributed by atoms with Crippen molar-refractivity contribution in [2.45, 2.75) is 6.92 Å². The van der Waals surface area contributed by atoms with Crippen LogP contribution >= 0.6 is 0 Å². The fourth-order valence-electron chi connectivity index (χ4n) is 2.93. The second-order valence-electron chi connectivity index (χ2n) is 5.26. The van der Waals surface area contributed by atoms with E-state index in [1.807, 2.05) is 24.4 Å². The third kappa shape index (κ3) is 2.35. The molecule has 0 aliphatic rings. The molecule has 22 heavy (non-hydrogen) atoms. The number of aromatic nitrogens is 1. The summed E-state index contributed by atoms with van der Waals surface area (Å²) in [4.78, 5) is 4.70. The maximum Gasteiger partial charge on any atom is 0.0245 e. The van der Waals surface area contributed by atoms with E-state index in [4.69, 9.17) is 4.98 Å². The molecule has 109 valence electrons. The van der Waals surface area contributed by atoms with Crippen molar-refractivity contribution in [2.75, 3.05) is 0 Å². The Balaban J connectivity index is 0.00000144. The topological polar surface area (TPSA) is 12.9 Å². The molecule has 1 aromatic heterocycles. The van der Waals surface area contributed by atoms with Gasteiger partial charge in [-0.25, -0.2) is 0 Å². The molecular formula is C20H14IrN-. The van der Waals surface area contributed by atoms with Crippen LogP contribution in [0.5, 0.6) is 0 Å². The SMILES string of the molecule is Cc1c(-c2[c-]cccc2)ncc2c1ccc1ccccc12.[Ir]. The fraction of sp³-hybridized carbons (Fsp3) is 0.0500. The number of nitrogens with zero attached hydrogens (tertiary/aromatic N) is 1. The monoisotopic (exact) mass is 461 g/mol. The molecule has 0 bridgehead atoms. The molecule has 0 aliphatic heterocycles. The van der Waals surface area contributed by atoms with E-state index in [-0.39, 0.29) is 20.1 Å². The first-order chi connectivity index (χ1) is 10.3. The number of hydrogen-bond acceptors (Lipinski definition) is 1. The van der Waals surface area contributed by atoms with Crippen LogP contribution in [0.2, 0.25) is 0 Å². The minimum Gasteiger partial charge on any atom is -0.304 e. The molecule has 0 atom stereocenters. The van der Waals surface area contributed by atoms with E-state index in [0.29, 0.717) is 0 Å². The van der Waals surface area contributed by atoms with Crippen LogP contribution in [0.3, 0.4) is 0 Å². The molecule has 0 fully saturated rings. The summed E-state index contributed by atoms with van der Waals surface area (Å²) in [5.41, 5.74) is 3.27. The summed E-state index contributed by atoms with van der Waals surface area (Å²) in [6.45, 7) is 2.14. The summed E-state index contributed by atoms with van der Waals surface area (Å²) in [5.74, 6) is 0. The number of benzene rings is 3. The molecule has 4 rings (SSSR count). The Morgan fingerprint density at radius 1 is 0.818 bits per heavy atom. The van der Waals surface area contributed by atoms with Crippen LogP contribution in [0.1, 0.15) is 5.56 Å². The summed E-state index contributed by atoms with van der Waals surface area (Å²) >= 11 is 0. The quantitative estimate of drug-likeness (QED) is 0.282. The summed E-state index contributed by atoms with van der Waals surface area (Å²) < 4.78 is 0. The Kier molecular flexibility index (Phi) is 4.06. The van der Waals surface area contributed by atoms with E-state index in [2.05, 4.69) is 55.5 Å². The van der Waals surface area contributed by atoms with Gasteiger partial charge in [0.1, 0.15) is 0 Å². The van der Waals surface area contributed by atoms with Crippen molar-refractivity contribution in [3.8, 4) is 11.3 Å². The van der Waals surface area contributed by atoms with Gasteiger partial charge in [-0.1, -0.05) is 42.0 Å². The van der Waals surface area contributed by atoms with Gasteiger partial charge in [-0.2, -0.15) is 0 Å². The smallest absolute Gasteiger partial charge is 0.0245 e. The van der Waals surface area contributed by atoms with E-state index in [0.717, 1.165) is 11.3 Å². The first kappa shape index (κ1) is 14.9. The molecular weight excluding hydrogens is 446 g/mol. The average Bonchev–Trinajstić information content (AvgIpc) is 2.56. The van der Waals surface area contributed by atoms with Gasteiger partial charge in [-0.05, 0) is 28.8 Å². The first-order valence-electron chi connectivity index (χ1n) is 7.09. The molecule has 3 aromatic carbocycles. The Morgan fingerprint density at radius 2 is 1.64 bits per heavy atom. The zero-order valence-electron chi connectivity index (χ0n) is 12.1. The minimum absolute atomic E-state index is 0. The second-order valence-corrected chi connectivity index (χ2v) is 5.26. The zero-order valence-corrected chi connectivity index (χ0v) is 14.5. The van der Waals surface area contributed by atoms with Gasteiger partial charge in [-0.3, -0.25) is 0 Å². The van der Waals surface area contributed by atoms with Crippen LogP contribution in [0.15, 0.2) is 66.9 Å². The van der Waals surface area contributed by atoms with Gasteiger partial charge >= 0.3 is 0 Å². The molecule has 0 unspecified atom stereocenters. The number of rotatable bonds is 1. The second kappa shape index (κ2) is 6.00. The molecule has 1 nitrogen and oxygen atoms in total. The molecule has 0 saturated heterocycles. The molecule has 0 amide bonds. The fourth-order valence-corrected chi connectivity index (χ4v) is 2.93. The third-order valence-corrected chi connectivity index (χ3v) is 4.02. The molecule has 0 saturated carbocycles. The number of aryl methyl sites for hydroxylation is 1.